The van der Waals surface area contributed by atoms with Crippen molar-refractivity contribution in [2.45, 2.75) is 38.1 Å². The average Bonchev–Trinajstić information content (AvgIpc) is 3.05. The predicted molar refractivity (Wildman–Crippen MR) is 134 cm³/mol. The second-order valence-electron chi connectivity index (χ2n) is 9.60. The maximum Gasteiger partial charge on any atom is 0.259 e. The third-order valence-electron chi connectivity index (χ3n) is 6.85. The predicted octanol–water partition coefficient (Wildman–Crippen LogP) is 7.09. The Morgan fingerprint density at radius 3 is 2.15 bits per heavy atom. The molecule has 0 bridgehead atoms. The van der Waals surface area contributed by atoms with E-state index in [2.05, 4.69) is 39.0 Å². The minimum absolute atomic E-state index is 0.136. The van der Waals surface area contributed by atoms with E-state index in [9.17, 15) is 9.59 Å². The lowest BCUT2D eigenvalue weighted by Gasteiger charge is -2.49. The minimum Gasteiger partial charge on any atom is -0.302 e. The molecule has 1 unspecified atom stereocenters. The Morgan fingerprint density at radius 1 is 0.909 bits per heavy atom. The summed E-state index contributed by atoms with van der Waals surface area (Å²) in [7, 11) is 0. The normalized spacial score (nSPS) is 21.9. The van der Waals surface area contributed by atoms with Crippen molar-refractivity contribution in [3.63, 3.8) is 0 Å². The van der Waals surface area contributed by atoms with Gasteiger partial charge in [0.15, 0.2) is 5.78 Å². The van der Waals surface area contributed by atoms with E-state index in [4.69, 9.17) is 23.2 Å². The first-order valence-electron chi connectivity index (χ1n) is 10.9. The van der Waals surface area contributed by atoms with E-state index in [0.717, 1.165) is 28.8 Å². The Hall–Kier alpha value is -2.88. The van der Waals surface area contributed by atoms with Crippen molar-refractivity contribution < 1.29 is 9.59 Å². The van der Waals surface area contributed by atoms with Crippen LogP contribution in [0.15, 0.2) is 72.8 Å². The fourth-order valence-electron chi connectivity index (χ4n) is 5.44. The molecule has 0 fully saturated rings. The molecule has 0 saturated carbocycles. The van der Waals surface area contributed by atoms with Crippen LogP contribution in [0, 0.1) is 0 Å². The molecule has 0 aromatic heterocycles. The Balaban J connectivity index is 1.68. The molecule has 5 rings (SSSR count). The van der Waals surface area contributed by atoms with Crippen LogP contribution in [0.4, 0.5) is 5.69 Å². The zero-order chi connectivity index (χ0) is 23.5. The molecule has 33 heavy (non-hydrogen) atoms. The van der Waals surface area contributed by atoms with Crippen LogP contribution >= 0.6 is 23.2 Å². The monoisotopic (exact) mass is 475 g/mol. The number of amides is 1. The molecule has 2 aliphatic rings. The van der Waals surface area contributed by atoms with Gasteiger partial charge in [0.25, 0.3) is 5.91 Å². The van der Waals surface area contributed by atoms with Gasteiger partial charge >= 0.3 is 0 Å². The van der Waals surface area contributed by atoms with Gasteiger partial charge in [0, 0.05) is 32.1 Å². The number of rotatable bonds is 3. The third kappa shape index (κ3) is 3.42. The van der Waals surface area contributed by atoms with Crippen molar-refractivity contribution in [3.05, 3.63) is 105 Å². The number of para-hydroxylation sites is 1. The molecule has 3 aromatic carbocycles. The van der Waals surface area contributed by atoms with Crippen LogP contribution in [0.5, 0.6) is 0 Å². The Bertz CT molecular complexity index is 1320. The number of anilines is 1. The van der Waals surface area contributed by atoms with Gasteiger partial charge in [0.1, 0.15) is 0 Å². The van der Waals surface area contributed by atoms with Crippen LogP contribution in [0.1, 0.15) is 54.2 Å². The van der Waals surface area contributed by atoms with Crippen molar-refractivity contribution in [1.29, 1.82) is 0 Å². The lowest BCUT2D eigenvalue weighted by molar-refractivity contribution is -0.114. The number of carbonyl (C=O) groups is 2. The fourth-order valence-corrected chi connectivity index (χ4v) is 5.70. The van der Waals surface area contributed by atoms with E-state index in [-0.39, 0.29) is 17.1 Å². The third-order valence-corrected chi connectivity index (χ3v) is 7.36. The number of ketones is 1. The second-order valence-corrected chi connectivity index (χ2v) is 10.5. The van der Waals surface area contributed by atoms with Gasteiger partial charge in [-0.05, 0) is 73.9 Å². The summed E-state index contributed by atoms with van der Waals surface area (Å²) < 4.78 is 0. The summed E-state index contributed by atoms with van der Waals surface area (Å²) in [5.74, 6) is -0.353. The first-order valence-corrected chi connectivity index (χ1v) is 11.6. The maximum atomic E-state index is 13.7. The Morgan fingerprint density at radius 2 is 1.52 bits per heavy atom. The lowest BCUT2D eigenvalue weighted by atomic mass is 9.65. The van der Waals surface area contributed by atoms with E-state index in [0.29, 0.717) is 21.2 Å². The number of hydrogen-bond donors (Lipinski definition) is 0. The highest BCUT2D eigenvalue weighted by Crippen LogP contribution is 2.56. The van der Waals surface area contributed by atoms with E-state index >= 15 is 0 Å². The zero-order valence-corrected chi connectivity index (χ0v) is 20.2. The molecule has 0 saturated heterocycles. The minimum atomic E-state index is -0.451. The van der Waals surface area contributed by atoms with Gasteiger partial charge in [-0.3, -0.25) is 9.59 Å². The van der Waals surface area contributed by atoms with Crippen molar-refractivity contribution in [1.82, 2.24) is 0 Å². The molecule has 2 aliphatic heterocycles. The average molecular weight is 476 g/mol. The fraction of sp³-hybridized carbons (Fsp3) is 0.214. The Labute approximate surface area is 203 Å². The van der Waals surface area contributed by atoms with Crippen LogP contribution in [0.2, 0.25) is 10.0 Å². The molecule has 1 amide bonds. The van der Waals surface area contributed by atoms with Gasteiger partial charge in [-0.2, -0.15) is 0 Å². The van der Waals surface area contributed by atoms with E-state index in [1.165, 1.54) is 6.08 Å². The molecule has 2 heterocycles. The molecule has 0 N–H and O–H groups in total. The van der Waals surface area contributed by atoms with Crippen molar-refractivity contribution in [2.24, 2.45) is 0 Å². The van der Waals surface area contributed by atoms with Crippen LogP contribution in [-0.2, 0) is 10.2 Å². The summed E-state index contributed by atoms with van der Waals surface area (Å²) in [4.78, 5) is 28.5. The smallest absolute Gasteiger partial charge is 0.259 e. The maximum absolute atomic E-state index is 13.7. The van der Waals surface area contributed by atoms with Crippen molar-refractivity contribution in [2.75, 3.05) is 4.90 Å². The highest BCUT2D eigenvalue weighted by atomic mass is 35.5. The van der Waals surface area contributed by atoms with Crippen LogP contribution in [0.3, 0.4) is 0 Å². The summed E-state index contributed by atoms with van der Waals surface area (Å²) in [5, 5.41) is 1.25. The van der Waals surface area contributed by atoms with Gasteiger partial charge in [0.2, 0.25) is 0 Å². The van der Waals surface area contributed by atoms with Crippen LogP contribution in [0.25, 0.3) is 5.57 Å². The highest BCUT2D eigenvalue weighted by molar-refractivity contribution is 6.37. The van der Waals surface area contributed by atoms with Gasteiger partial charge in [0.05, 0.1) is 11.3 Å². The van der Waals surface area contributed by atoms with Gasteiger partial charge in [-0.25, -0.2) is 0 Å². The topological polar surface area (TPSA) is 37.4 Å². The standard InChI is InChI=1S/C28H23Cl2NO2/c1-27(2)16-28(3,18-9-13-20(30)14-10-18)23-6-4-5-21-22(26(33)31(27)25(21)23)15-24(32)17-7-11-19(29)12-8-17/h4-15H,16H2,1-3H3/b22-15+. The summed E-state index contributed by atoms with van der Waals surface area (Å²) in [6.07, 6.45) is 2.21. The molecular formula is C28H23Cl2NO2. The molecule has 0 aliphatic carbocycles. The lowest BCUT2D eigenvalue weighted by Crippen LogP contribution is -2.54. The zero-order valence-electron chi connectivity index (χ0n) is 18.7. The molecule has 1 atom stereocenters. The summed E-state index contributed by atoms with van der Waals surface area (Å²) in [6.45, 7) is 6.39. The van der Waals surface area contributed by atoms with Crippen molar-refractivity contribution >= 4 is 46.2 Å². The molecular weight excluding hydrogens is 453 g/mol. The second kappa shape index (κ2) is 7.58. The molecule has 166 valence electrons. The number of halogens is 2. The molecule has 3 aromatic rings. The number of benzene rings is 3. The number of allylic oxidation sites excluding steroid dienone is 1. The van der Waals surface area contributed by atoms with Gasteiger partial charge in [-0.15, -0.1) is 0 Å². The van der Waals surface area contributed by atoms with E-state index in [1.807, 2.05) is 29.2 Å². The van der Waals surface area contributed by atoms with Crippen LogP contribution in [-0.4, -0.2) is 17.2 Å². The largest absolute Gasteiger partial charge is 0.302 e. The van der Waals surface area contributed by atoms with Crippen LogP contribution < -0.4 is 4.90 Å². The Kier molecular flexibility index (Phi) is 5.04. The van der Waals surface area contributed by atoms with Crippen molar-refractivity contribution in [3.8, 4) is 0 Å². The molecule has 0 radical (unpaired) electrons. The SMILES string of the molecule is CC1(c2ccc(Cl)cc2)CC(C)(C)N2C(=O)/C(=C/C(=O)c3ccc(Cl)cc3)c3cccc1c32. The number of carbonyl (C=O) groups excluding carboxylic acids is 2. The highest BCUT2D eigenvalue weighted by Gasteiger charge is 2.52. The summed E-state index contributed by atoms with van der Waals surface area (Å²) in [5.41, 5.74) is 4.09. The molecule has 5 heteroatoms. The quantitative estimate of drug-likeness (QED) is 0.299. The van der Waals surface area contributed by atoms with Gasteiger partial charge < -0.3 is 4.90 Å². The van der Waals surface area contributed by atoms with Gasteiger partial charge in [-0.1, -0.05) is 60.5 Å². The first kappa shape index (κ1) is 21.9. The van der Waals surface area contributed by atoms with E-state index < -0.39 is 5.54 Å². The number of nitrogens with zero attached hydrogens (tertiary/aromatic N) is 1. The number of hydrogen-bond acceptors (Lipinski definition) is 2. The summed E-state index contributed by atoms with van der Waals surface area (Å²) >= 11 is 12.1. The first-order chi connectivity index (χ1) is 15.6. The molecule has 3 nitrogen and oxygen atoms in total. The molecule has 0 spiro atoms. The van der Waals surface area contributed by atoms with E-state index in [1.54, 1.807) is 24.3 Å². The summed E-state index contributed by atoms with van der Waals surface area (Å²) in [6, 6.07) is 20.6.